The Morgan fingerprint density at radius 2 is 1.36 bits per heavy atom. The Labute approximate surface area is 162 Å². The topological polar surface area (TPSA) is 39.1 Å². The number of hydrogen-bond acceptors (Lipinski definition) is 3. The van der Waals surface area contributed by atoms with Crippen molar-refractivity contribution in [3.63, 3.8) is 0 Å². The van der Waals surface area contributed by atoms with E-state index in [2.05, 4.69) is 40.6 Å². The second-order valence-electron chi connectivity index (χ2n) is 6.09. The van der Waals surface area contributed by atoms with E-state index in [1.807, 2.05) is 36.4 Å². The van der Waals surface area contributed by atoms with Crippen molar-refractivity contribution in [1.29, 1.82) is 5.26 Å². The van der Waals surface area contributed by atoms with E-state index in [-0.39, 0.29) is 24.8 Å². The van der Waals surface area contributed by atoms with Crippen molar-refractivity contribution in [2.45, 2.75) is 11.8 Å². The third-order valence-corrected chi connectivity index (χ3v) is 4.74. The van der Waals surface area contributed by atoms with Crippen LogP contribution in [0.25, 0.3) is 0 Å². The monoisotopic (exact) mass is 375 g/mol. The summed E-state index contributed by atoms with van der Waals surface area (Å²) in [5.41, 5.74) is 1.60. The minimum Gasteiger partial charge on any atom is -1.00 e. The maximum Gasteiger partial charge on any atom is 0.108 e. The van der Waals surface area contributed by atoms with Gasteiger partial charge in [-0.2, -0.15) is 5.26 Å². The van der Waals surface area contributed by atoms with Crippen molar-refractivity contribution in [2.24, 2.45) is 0 Å². The van der Waals surface area contributed by atoms with Gasteiger partial charge in [0.1, 0.15) is 5.41 Å². The Hall–Kier alpha value is -1.57. The Bertz CT molecular complexity index is 610. The van der Waals surface area contributed by atoms with Gasteiger partial charge in [-0.15, -0.1) is 0 Å². The van der Waals surface area contributed by atoms with Crippen LogP contribution in [0.2, 0.25) is 0 Å². The average molecular weight is 376 g/mol. The molecular weight excluding hydrogens is 353 g/mol. The highest BCUT2D eigenvalue weighted by molar-refractivity contribution is 5.45. The van der Waals surface area contributed by atoms with Gasteiger partial charge in [0.15, 0.2) is 0 Å². The number of nitrogens with zero attached hydrogens (tertiary/aromatic N) is 2. The molecule has 1 N–H and O–H groups in total. The fourth-order valence-electron chi connectivity index (χ4n) is 3.35. The van der Waals surface area contributed by atoms with E-state index in [9.17, 15) is 5.26 Å². The number of piperazine rings is 1. The fourth-order valence-corrected chi connectivity index (χ4v) is 3.35. The summed E-state index contributed by atoms with van der Waals surface area (Å²) >= 11 is 0. The number of nitrogens with one attached hydrogen (secondary N) is 1. The first-order valence-corrected chi connectivity index (χ1v) is 8.30. The van der Waals surface area contributed by atoms with E-state index in [4.69, 9.17) is 0 Å². The Kier molecular flexibility index (Phi) is 8.96. The summed E-state index contributed by atoms with van der Waals surface area (Å²) in [5, 5.41) is 13.5. The van der Waals surface area contributed by atoms with E-state index in [1.54, 1.807) is 0 Å². The molecule has 0 atom stereocenters. The predicted molar refractivity (Wildman–Crippen MR) is 93.2 cm³/mol. The maximum atomic E-state index is 10.1. The lowest BCUT2D eigenvalue weighted by Gasteiger charge is -2.33. The molecule has 0 spiro atoms. The minimum atomic E-state index is -0.576. The molecule has 5 heteroatoms. The smallest absolute Gasteiger partial charge is 0.108 e. The van der Waals surface area contributed by atoms with Crippen LogP contribution in [0.1, 0.15) is 17.5 Å². The van der Waals surface area contributed by atoms with Crippen molar-refractivity contribution in [3.05, 3.63) is 71.8 Å². The molecule has 0 bridgehead atoms. The number of hydrogen-bond donors (Lipinski definition) is 1. The standard InChI is InChI=1S/C20H23N3.2ClH/c21-17-20(18-7-3-1-4-8-18,19-9-5-2-6-10-19)11-14-23-15-12-22-13-16-23;;/h1-10,22H,11-16H2;2*1H/p-2. The third kappa shape index (κ3) is 4.96. The molecule has 0 aromatic heterocycles. The lowest BCUT2D eigenvalue weighted by atomic mass is 9.73. The maximum absolute atomic E-state index is 10.1. The largest absolute Gasteiger partial charge is 1.00 e. The first-order chi connectivity index (χ1) is 11.3. The van der Waals surface area contributed by atoms with Gasteiger partial charge in [-0.05, 0) is 17.5 Å². The molecule has 0 amide bonds. The van der Waals surface area contributed by atoms with Gasteiger partial charge >= 0.3 is 0 Å². The normalized spacial score (nSPS) is 14.7. The highest BCUT2D eigenvalue weighted by Crippen LogP contribution is 2.35. The Morgan fingerprint density at radius 3 is 1.80 bits per heavy atom. The quantitative estimate of drug-likeness (QED) is 0.598. The summed E-state index contributed by atoms with van der Waals surface area (Å²) in [4.78, 5) is 2.45. The van der Waals surface area contributed by atoms with E-state index in [0.717, 1.165) is 50.3 Å². The second kappa shape index (κ2) is 10.4. The zero-order chi connectivity index (χ0) is 16.0. The molecule has 1 heterocycles. The van der Waals surface area contributed by atoms with Gasteiger partial charge in [0.25, 0.3) is 0 Å². The molecule has 0 radical (unpaired) electrons. The lowest BCUT2D eigenvalue weighted by molar-refractivity contribution is -0.00100. The van der Waals surface area contributed by atoms with Crippen LogP contribution in [-0.4, -0.2) is 37.6 Å². The van der Waals surface area contributed by atoms with Gasteiger partial charge < -0.3 is 35.0 Å². The number of nitriles is 1. The molecule has 3 nitrogen and oxygen atoms in total. The summed E-state index contributed by atoms with van der Waals surface area (Å²) in [6.07, 6.45) is 0.817. The van der Waals surface area contributed by atoms with Crippen LogP contribution >= 0.6 is 0 Å². The van der Waals surface area contributed by atoms with E-state index < -0.39 is 5.41 Å². The van der Waals surface area contributed by atoms with Crippen molar-refractivity contribution >= 4 is 0 Å². The molecule has 2 aromatic carbocycles. The molecular formula is C20H23Cl2N3-2. The zero-order valence-electron chi connectivity index (χ0n) is 14.2. The first-order valence-electron chi connectivity index (χ1n) is 8.30. The van der Waals surface area contributed by atoms with Crippen molar-refractivity contribution in [3.8, 4) is 6.07 Å². The van der Waals surface area contributed by atoms with E-state index in [1.165, 1.54) is 0 Å². The number of rotatable bonds is 5. The van der Waals surface area contributed by atoms with Crippen LogP contribution < -0.4 is 30.1 Å². The van der Waals surface area contributed by atoms with Crippen molar-refractivity contribution < 1.29 is 24.8 Å². The van der Waals surface area contributed by atoms with E-state index >= 15 is 0 Å². The van der Waals surface area contributed by atoms with Gasteiger partial charge in [0, 0.05) is 32.7 Å². The molecule has 2 aromatic rings. The fraction of sp³-hybridized carbons (Fsp3) is 0.350. The van der Waals surface area contributed by atoms with E-state index in [0.29, 0.717) is 0 Å². The molecule has 0 aliphatic carbocycles. The predicted octanol–water partition coefficient (Wildman–Crippen LogP) is -3.20. The van der Waals surface area contributed by atoms with Gasteiger partial charge in [-0.25, -0.2) is 0 Å². The van der Waals surface area contributed by atoms with Crippen LogP contribution in [0, 0.1) is 11.3 Å². The molecule has 134 valence electrons. The summed E-state index contributed by atoms with van der Waals surface area (Å²) in [6.45, 7) is 5.14. The highest BCUT2D eigenvalue weighted by atomic mass is 35.5. The molecule has 0 saturated carbocycles. The zero-order valence-corrected chi connectivity index (χ0v) is 15.7. The number of benzene rings is 2. The molecule has 3 rings (SSSR count). The van der Waals surface area contributed by atoms with Crippen molar-refractivity contribution in [1.82, 2.24) is 10.2 Å². The molecule has 1 saturated heterocycles. The first kappa shape index (κ1) is 21.5. The van der Waals surface area contributed by atoms with Crippen LogP contribution in [0.3, 0.4) is 0 Å². The SMILES string of the molecule is N#CC(CCN1CCNCC1)(c1ccccc1)c1ccccc1.[Cl-].[Cl-]. The lowest BCUT2D eigenvalue weighted by Crippen LogP contribution is -3.00. The highest BCUT2D eigenvalue weighted by Gasteiger charge is 2.34. The van der Waals surface area contributed by atoms with Crippen LogP contribution in [0.15, 0.2) is 60.7 Å². The summed E-state index contributed by atoms with van der Waals surface area (Å²) in [5.74, 6) is 0. The van der Waals surface area contributed by atoms with Gasteiger partial charge in [-0.3, -0.25) is 0 Å². The Balaban J connectivity index is 0.00000156. The van der Waals surface area contributed by atoms with Gasteiger partial charge in [0.2, 0.25) is 0 Å². The van der Waals surface area contributed by atoms with Gasteiger partial charge in [-0.1, -0.05) is 60.7 Å². The Morgan fingerprint density at radius 1 is 0.880 bits per heavy atom. The summed E-state index contributed by atoms with van der Waals surface area (Å²) in [7, 11) is 0. The molecule has 1 aliphatic rings. The summed E-state index contributed by atoms with van der Waals surface area (Å²) in [6, 6.07) is 23.1. The van der Waals surface area contributed by atoms with Crippen LogP contribution in [-0.2, 0) is 5.41 Å². The molecule has 25 heavy (non-hydrogen) atoms. The molecule has 0 unspecified atom stereocenters. The molecule has 1 aliphatic heterocycles. The molecule has 1 fully saturated rings. The van der Waals surface area contributed by atoms with Crippen LogP contribution in [0.5, 0.6) is 0 Å². The number of halogens is 2. The average Bonchev–Trinajstić information content (AvgIpc) is 2.65. The second-order valence-corrected chi connectivity index (χ2v) is 6.09. The minimum absolute atomic E-state index is 0. The van der Waals surface area contributed by atoms with Crippen LogP contribution in [0.4, 0.5) is 0 Å². The third-order valence-electron chi connectivity index (χ3n) is 4.74. The van der Waals surface area contributed by atoms with Gasteiger partial charge in [0.05, 0.1) is 6.07 Å². The van der Waals surface area contributed by atoms with Crippen molar-refractivity contribution in [2.75, 3.05) is 32.7 Å². The summed E-state index contributed by atoms with van der Waals surface area (Å²) < 4.78 is 0.